The van der Waals surface area contributed by atoms with Crippen molar-refractivity contribution in [1.82, 2.24) is 0 Å². The molecule has 2 atom stereocenters. The summed E-state index contributed by atoms with van der Waals surface area (Å²) in [6.07, 6.45) is 60.6. The summed E-state index contributed by atoms with van der Waals surface area (Å²) in [5.41, 5.74) is 0. The van der Waals surface area contributed by atoms with Gasteiger partial charge in [0.05, 0.1) is 40.8 Å². The average Bonchev–Trinajstić information content (AvgIpc) is 3.22. The van der Waals surface area contributed by atoms with E-state index in [1.54, 1.807) is 6.08 Å². The number of hydrogen-bond donors (Lipinski definition) is 1. The van der Waals surface area contributed by atoms with Crippen LogP contribution in [-0.4, -0.2) is 75.6 Å². The maximum atomic E-state index is 12.6. The molecule has 0 aliphatic carbocycles. The van der Waals surface area contributed by atoms with Gasteiger partial charge in [-0.1, -0.05) is 182 Å². The van der Waals surface area contributed by atoms with Gasteiger partial charge in [-0.05, 0) is 77.0 Å². The summed E-state index contributed by atoms with van der Waals surface area (Å²) in [7, 11) is 1.59. The van der Waals surface area contributed by atoms with Crippen LogP contribution in [0.5, 0.6) is 0 Å². The molecule has 0 aromatic heterocycles. The zero-order valence-electron chi connectivity index (χ0n) is 39.6. The smallest absolute Gasteiger partial charge is 0.457 e. The molecule has 8 nitrogen and oxygen atoms in total. The zero-order chi connectivity index (χ0) is 44.8. The van der Waals surface area contributed by atoms with Gasteiger partial charge in [-0.25, -0.2) is 4.57 Å². The fourth-order valence-corrected chi connectivity index (χ4v) is 6.73. The van der Waals surface area contributed by atoms with Crippen LogP contribution in [0.1, 0.15) is 168 Å². The Morgan fingerprint density at radius 2 is 0.951 bits per heavy atom. The van der Waals surface area contributed by atoms with E-state index in [0.717, 1.165) is 51.4 Å². The summed E-state index contributed by atoms with van der Waals surface area (Å²) in [4.78, 5) is 22.9. The number of nitrogens with zero attached hydrogens (tertiary/aromatic N) is 1. The number of hydrogen-bond acceptors (Lipinski definition) is 6. The molecule has 0 rings (SSSR count). The fourth-order valence-electron chi connectivity index (χ4n) is 5.99. The third-order valence-electron chi connectivity index (χ3n) is 9.66. The normalized spacial score (nSPS) is 14.5. The Morgan fingerprint density at radius 3 is 1.43 bits per heavy atom. The number of unbranched alkanes of at least 4 members (excludes halogenated alkanes) is 14. The summed E-state index contributed by atoms with van der Waals surface area (Å²) in [5.74, 6) is -0.445. The summed E-state index contributed by atoms with van der Waals surface area (Å²) in [6.45, 7) is 5.32. The zero-order valence-corrected chi connectivity index (χ0v) is 40.5. The van der Waals surface area contributed by atoms with Crippen molar-refractivity contribution in [3.05, 3.63) is 97.2 Å². The van der Waals surface area contributed by atoms with E-state index in [4.69, 9.17) is 18.5 Å². The minimum Gasteiger partial charge on any atom is -0.457 e. The quantitative estimate of drug-likeness (QED) is 0.0214. The van der Waals surface area contributed by atoms with Crippen LogP contribution >= 0.6 is 7.82 Å². The first kappa shape index (κ1) is 58.4. The van der Waals surface area contributed by atoms with Crippen LogP contribution in [0.25, 0.3) is 0 Å². The van der Waals surface area contributed by atoms with Gasteiger partial charge in [0.25, 0.3) is 0 Å². The first-order valence-corrected chi connectivity index (χ1v) is 25.5. The second kappa shape index (κ2) is 44.0. The summed E-state index contributed by atoms with van der Waals surface area (Å²) < 4.78 is 34.9. The number of phosphoric ester groups is 1. The Balaban J connectivity index is 4.27. The highest BCUT2D eigenvalue weighted by Gasteiger charge is 2.26. The van der Waals surface area contributed by atoms with Gasteiger partial charge < -0.3 is 18.9 Å². The molecule has 0 saturated heterocycles. The van der Waals surface area contributed by atoms with E-state index in [0.29, 0.717) is 24.1 Å². The molecular weight excluding hydrogens is 782 g/mol. The maximum absolute atomic E-state index is 12.6. The number of ether oxygens (including phenoxy) is 2. The van der Waals surface area contributed by atoms with Crippen molar-refractivity contribution >= 4 is 13.8 Å². The second-order valence-electron chi connectivity index (χ2n) is 16.8. The van der Waals surface area contributed by atoms with Gasteiger partial charge in [-0.2, -0.15) is 0 Å². The summed E-state index contributed by atoms with van der Waals surface area (Å²) in [5, 5.41) is 0. The number of quaternary nitrogens is 1. The lowest BCUT2D eigenvalue weighted by Crippen LogP contribution is -2.37. The van der Waals surface area contributed by atoms with E-state index in [-0.39, 0.29) is 26.2 Å². The predicted octanol–water partition coefficient (Wildman–Crippen LogP) is 14.6. The van der Waals surface area contributed by atoms with E-state index < -0.39 is 19.9 Å². The highest BCUT2D eigenvalue weighted by atomic mass is 31.2. The Kier molecular flexibility index (Phi) is 42.2. The molecule has 0 aliphatic rings. The monoisotopic (exact) mass is 873 g/mol. The van der Waals surface area contributed by atoms with Gasteiger partial charge >= 0.3 is 13.8 Å². The third-order valence-corrected chi connectivity index (χ3v) is 10.6. The average molecular weight is 873 g/mol. The van der Waals surface area contributed by atoms with Crippen LogP contribution in [0.2, 0.25) is 0 Å². The molecule has 0 fully saturated rings. The van der Waals surface area contributed by atoms with Crippen LogP contribution < -0.4 is 0 Å². The molecule has 0 bridgehead atoms. The van der Waals surface area contributed by atoms with E-state index in [1.165, 1.54) is 89.9 Å². The molecule has 0 spiro atoms. The lowest BCUT2D eigenvalue weighted by atomic mass is 10.1. The molecule has 0 aliphatic heterocycles. The number of esters is 1. The number of rotatable bonds is 43. The number of carbonyl (C=O) groups excluding carboxylic acids is 1. The van der Waals surface area contributed by atoms with Gasteiger partial charge in [0.2, 0.25) is 0 Å². The number of phosphoric acid groups is 1. The van der Waals surface area contributed by atoms with Crippen molar-refractivity contribution < 1.29 is 37.3 Å². The van der Waals surface area contributed by atoms with Crippen LogP contribution in [-0.2, 0) is 27.9 Å². The van der Waals surface area contributed by atoms with E-state index in [9.17, 15) is 14.3 Å². The third kappa shape index (κ3) is 48.3. The summed E-state index contributed by atoms with van der Waals surface area (Å²) in [6, 6.07) is 0. The molecule has 0 heterocycles. The Bertz CT molecular complexity index is 1290. The summed E-state index contributed by atoms with van der Waals surface area (Å²) >= 11 is 0. The number of likely N-dealkylation sites (N-methyl/N-ethyl adjacent to an activating group) is 1. The lowest BCUT2D eigenvalue weighted by Gasteiger charge is -2.24. The van der Waals surface area contributed by atoms with Gasteiger partial charge in [-0.3, -0.25) is 13.8 Å². The number of allylic oxidation sites excluding steroid dienone is 15. The number of carbonyl (C=O) groups is 1. The van der Waals surface area contributed by atoms with Crippen molar-refractivity contribution in [2.45, 2.75) is 174 Å². The van der Waals surface area contributed by atoms with Crippen LogP contribution in [0, 0.1) is 0 Å². The standard InChI is InChI=1S/C52H90NO7P/c1-6-8-10-12-14-16-18-20-22-23-24-25-26-27-28-29-30-32-34-36-38-40-42-44-47-57-49-51(50-59-61(55,56)58-48-46-53(3,4)5)60-52(54)45-43-41-39-37-35-33-31-21-19-17-15-13-11-9-7-2/h9,11,15,17-18,20-21,23-24,26-27,31,35,37,41,43,51H,6-8,10,12-14,16,19,22,25,28-30,32-34,36,38-40,42,44-50H2,1-5H3/p+1/b11-9-,17-15-,20-18-,24-23-,27-26-,31-21-,37-35-,43-41-. The molecular formula is C52H91NO7P+. The van der Waals surface area contributed by atoms with Crippen LogP contribution in [0.4, 0.5) is 0 Å². The molecule has 9 heteroatoms. The van der Waals surface area contributed by atoms with Crippen LogP contribution in [0.15, 0.2) is 97.2 Å². The topological polar surface area (TPSA) is 91.3 Å². The minimum atomic E-state index is -4.31. The van der Waals surface area contributed by atoms with Crippen molar-refractivity contribution in [3.63, 3.8) is 0 Å². The minimum absolute atomic E-state index is 0.0657. The maximum Gasteiger partial charge on any atom is 0.472 e. The van der Waals surface area contributed by atoms with Gasteiger partial charge in [-0.15, -0.1) is 0 Å². The Labute approximate surface area is 375 Å². The van der Waals surface area contributed by atoms with Crippen molar-refractivity contribution in [1.29, 1.82) is 0 Å². The Hall–Kier alpha value is -2.58. The van der Waals surface area contributed by atoms with Gasteiger partial charge in [0.15, 0.2) is 0 Å². The molecule has 0 aromatic carbocycles. The highest BCUT2D eigenvalue weighted by Crippen LogP contribution is 2.43. The van der Waals surface area contributed by atoms with Gasteiger partial charge in [0.1, 0.15) is 19.3 Å². The molecule has 0 amide bonds. The second-order valence-corrected chi connectivity index (χ2v) is 18.2. The molecule has 0 aromatic rings. The Morgan fingerprint density at radius 1 is 0.525 bits per heavy atom. The molecule has 0 radical (unpaired) electrons. The molecule has 350 valence electrons. The first-order chi connectivity index (χ1) is 29.6. The highest BCUT2D eigenvalue weighted by molar-refractivity contribution is 7.47. The molecule has 1 N–H and O–H groups in total. The first-order valence-electron chi connectivity index (χ1n) is 24.0. The SMILES string of the molecule is CC/C=C\C/C=C\C/C=C\C/C=C\C/C=C\CC(=O)OC(COCCCCCCCCCCC/C=C\C/C=C\C/C=C\CCCCCCC)COP(=O)(O)OCC[N+](C)(C)C. The van der Waals surface area contributed by atoms with Gasteiger partial charge in [0, 0.05) is 6.61 Å². The predicted molar refractivity (Wildman–Crippen MR) is 261 cm³/mol. The van der Waals surface area contributed by atoms with Crippen molar-refractivity contribution in [2.24, 2.45) is 0 Å². The lowest BCUT2D eigenvalue weighted by molar-refractivity contribution is -0.870. The largest absolute Gasteiger partial charge is 0.472 e. The van der Waals surface area contributed by atoms with E-state index in [1.807, 2.05) is 27.2 Å². The van der Waals surface area contributed by atoms with Crippen LogP contribution in [0.3, 0.4) is 0 Å². The van der Waals surface area contributed by atoms with Crippen molar-refractivity contribution in [3.8, 4) is 0 Å². The molecule has 2 unspecified atom stereocenters. The van der Waals surface area contributed by atoms with E-state index in [2.05, 4.69) is 98.9 Å². The molecule has 0 saturated carbocycles. The fraction of sp³-hybridized carbons (Fsp3) is 0.673. The van der Waals surface area contributed by atoms with E-state index >= 15 is 0 Å². The molecule has 61 heavy (non-hydrogen) atoms. The van der Waals surface area contributed by atoms with Crippen molar-refractivity contribution in [2.75, 3.05) is 54.1 Å².